The van der Waals surface area contributed by atoms with Crippen LogP contribution in [0.2, 0.25) is 0 Å². The Balaban J connectivity index is 3.00. The Morgan fingerprint density at radius 1 is 1.50 bits per heavy atom. The zero-order valence-electron chi connectivity index (χ0n) is 10.9. The Labute approximate surface area is 99.6 Å². The Morgan fingerprint density at radius 2 is 2.12 bits per heavy atom. The van der Waals surface area contributed by atoms with Gasteiger partial charge in [-0.25, -0.2) is 0 Å². The predicted molar refractivity (Wildman–Crippen MR) is 70.0 cm³/mol. The highest BCUT2D eigenvalue weighted by atomic mass is 16.3. The summed E-state index contributed by atoms with van der Waals surface area (Å²) in [6.07, 6.45) is 7.60. The predicted octanol–water partition coefficient (Wildman–Crippen LogP) is 3.82. The highest BCUT2D eigenvalue weighted by Gasteiger charge is 2.31. The number of hydrogen-bond acceptors (Lipinski definition) is 1. The molecule has 0 saturated heterocycles. The number of aliphatic hydroxyl groups is 1. The van der Waals surface area contributed by atoms with E-state index in [1.54, 1.807) is 0 Å². The fourth-order valence-electron chi connectivity index (χ4n) is 2.46. The first-order chi connectivity index (χ1) is 7.36. The fraction of sp³-hybridized carbons (Fsp3) is 0.533. The van der Waals surface area contributed by atoms with Crippen LogP contribution in [0, 0.1) is 12.3 Å². The van der Waals surface area contributed by atoms with Gasteiger partial charge in [-0.05, 0) is 44.6 Å². The zero-order chi connectivity index (χ0) is 12.3. The van der Waals surface area contributed by atoms with Crippen LogP contribution in [0.15, 0.2) is 34.9 Å². The van der Waals surface area contributed by atoms with Crippen molar-refractivity contribution in [1.29, 1.82) is 0 Å². The van der Waals surface area contributed by atoms with Gasteiger partial charge in [-0.3, -0.25) is 0 Å². The van der Waals surface area contributed by atoms with Crippen LogP contribution in [-0.2, 0) is 0 Å². The lowest BCUT2D eigenvalue weighted by Gasteiger charge is -2.35. The van der Waals surface area contributed by atoms with Gasteiger partial charge >= 0.3 is 0 Å². The molecule has 0 unspecified atom stereocenters. The molecular formula is C15H23O. The van der Waals surface area contributed by atoms with Crippen LogP contribution in [0.25, 0.3) is 0 Å². The standard InChI is InChI=1S/C15H23O/c1-6-11(2)7-8-14-12(3)9-13(16)10-15(14,4)5/h6-8,13,16H,1,9-10H2,2-5H3/b8-7+,11-6+/t13-/m1/s1. The van der Waals surface area contributed by atoms with Crippen molar-refractivity contribution in [2.45, 2.75) is 46.6 Å². The van der Waals surface area contributed by atoms with Crippen LogP contribution in [0.1, 0.15) is 40.5 Å². The Morgan fingerprint density at radius 3 is 2.62 bits per heavy atom. The molecule has 0 amide bonds. The van der Waals surface area contributed by atoms with E-state index in [2.05, 4.69) is 39.8 Å². The van der Waals surface area contributed by atoms with Crippen molar-refractivity contribution in [3.8, 4) is 0 Å². The summed E-state index contributed by atoms with van der Waals surface area (Å²) in [6.45, 7) is 12.3. The first kappa shape index (κ1) is 13.2. The van der Waals surface area contributed by atoms with Gasteiger partial charge in [-0.1, -0.05) is 43.2 Å². The SMILES string of the molecule is [CH2]/C=C(C)/C=C/C1=C(C)C[C@@H](O)CC1(C)C. The van der Waals surface area contributed by atoms with E-state index in [1.165, 1.54) is 16.7 Å². The molecular weight excluding hydrogens is 196 g/mol. The quantitative estimate of drug-likeness (QED) is 0.700. The Bertz CT molecular complexity index is 342. The molecule has 0 aromatic heterocycles. The van der Waals surface area contributed by atoms with Crippen LogP contribution < -0.4 is 0 Å². The van der Waals surface area contributed by atoms with Crippen molar-refractivity contribution in [2.75, 3.05) is 0 Å². The molecule has 0 bridgehead atoms. The van der Waals surface area contributed by atoms with Crippen LogP contribution in [0.5, 0.6) is 0 Å². The normalized spacial score (nSPS) is 26.6. The smallest absolute Gasteiger partial charge is 0.0585 e. The van der Waals surface area contributed by atoms with Crippen molar-refractivity contribution in [3.05, 3.63) is 41.9 Å². The van der Waals surface area contributed by atoms with Crippen LogP contribution >= 0.6 is 0 Å². The number of hydrogen-bond donors (Lipinski definition) is 1. The monoisotopic (exact) mass is 219 g/mol. The molecule has 0 aromatic carbocycles. The van der Waals surface area contributed by atoms with E-state index >= 15 is 0 Å². The summed E-state index contributed by atoms with van der Waals surface area (Å²) in [5.74, 6) is 0. The first-order valence-electron chi connectivity index (χ1n) is 5.89. The van der Waals surface area contributed by atoms with E-state index in [9.17, 15) is 5.11 Å². The summed E-state index contributed by atoms with van der Waals surface area (Å²) in [5, 5.41) is 9.78. The van der Waals surface area contributed by atoms with Gasteiger partial charge in [0.2, 0.25) is 0 Å². The lowest BCUT2D eigenvalue weighted by atomic mass is 9.71. The third-order valence-corrected chi connectivity index (χ3v) is 3.31. The molecule has 89 valence electrons. The highest BCUT2D eigenvalue weighted by molar-refractivity contribution is 5.36. The van der Waals surface area contributed by atoms with Gasteiger partial charge < -0.3 is 5.11 Å². The lowest BCUT2D eigenvalue weighted by molar-refractivity contribution is 0.116. The summed E-state index contributed by atoms with van der Waals surface area (Å²) >= 11 is 0. The first-order valence-corrected chi connectivity index (χ1v) is 5.89. The molecule has 0 spiro atoms. The average Bonchev–Trinajstić information content (AvgIpc) is 2.14. The van der Waals surface area contributed by atoms with Crippen molar-refractivity contribution in [2.24, 2.45) is 5.41 Å². The van der Waals surface area contributed by atoms with E-state index in [4.69, 9.17) is 0 Å². The molecule has 1 rings (SSSR count). The summed E-state index contributed by atoms with van der Waals surface area (Å²) in [5.41, 5.74) is 3.90. The van der Waals surface area contributed by atoms with Crippen molar-refractivity contribution >= 4 is 0 Å². The molecule has 16 heavy (non-hydrogen) atoms. The second kappa shape index (κ2) is 5.01. The van der Waals surface area contributed by atoms with Crippen molar-refractivity contribution in [3.63, 3.8) is 0 Å². The molecule has 0 saturated carbocycles. The molecule has 1 N–H and O–H groups in total. The average molecular weight is 219 g/mol. The van der Waals surface area contributed by atoms with Crippen LogP contribution in [0.4, 0.5) is 0 Å². The molecule has 0 aliphatic heterocycles. The number of allylic oxidation sites excluding steroid dienone is 5. The van der Waals surface area contributed by atoms with Crippen LogP contribution in [0.3, 0.4) is 0 Å². The molecule has 0 heterocycles. The molecule has 0 aromatic rings. The van der Waals surface area contributed by atoms with Crippen molar-refractivity contribution < 1.29 is 5.11 Å². The zero-order valence-corrected chi connectivity index (χ0v) is 10.9. The maximum atomic E-state index is 9.78. The largest absolute Gasteiger partial charge is 0.393 e. The summed E-state index contributed by atoms with van der Waals surface area (Å²) in [6, 6.07) is 0. The maximum absolute atomic E-state index is 9.78. The third-order valence-electron chi connectivity index (χ3n) is 3.31. The van der Waals surface area contributed by atoms with Gasteiger partial charge in [0.05, 0.1) is 6.10 Å². The summed E-state index contributed by atoms with van der Waals surface area (Å²) < 4.78 is 0. The van der Waals surface area contributed by atoms with Gasteiger partial charge in [-0.15, -0.1) is 0 Å². The second-order valence-electron chi connectivity index (χ2n) is 5.42. The van der Waals surface area contributed by atoms with Gasteiger partial charge in [0.25, 0.3) is 0 Å². The second-order valence-corrected chi connectivity index (χ2v) is 5.42. The Hall–Kier alpha value is -0.820. The van der Waals surface area contributed by atoms with Gasteiger partial charge in [0.1, 0.15) is 0 Å². The highest BCUT2D eigenvalue weighted by Crippen LogP contribution is 2.40. The number of rotatable bonds is 2. The minimum atomic E-state index is -0.184. The van der Waals surface area contributed by atoms with Gasteiger partial charge in [0, 0.05) is 0 Å². The molecule has 1 heteroatoms. The minimum Gasteiger partial charge on any atom is -0.393 e. The van der Waals surface area contributed by atoms with E-state index in [1.807, 2.05) is 13.0 Å². The summed E-state index contributed by atoms with van der Waals surface area (Å²) in [4.78, 5) is 0. The van der Waals surface area contributed by atoms with E-state index in [0.717, 1.165) is 12.8 Å². The number of aliphatic hydroxyl groups excluding tert-OH is 1. The minimum absolute atomic E-state index is 0.0691. The van der Waals surface area contributed by atoms with Gasteiger partial charge in [-0.2, -0.15) is 0 Å². The van der Waals surface area contributed by atoms with E-state index in [0.29, 0.717) is 0 Å². The molecule has 0 fully saturated rings. The van der Waals surface area contributed by atoms with Crippen LogP contribution in [-0.4, -0.2) is 11.2 Å². The van der Waals surface area contributed by atoms with E-state index in [-0.39, 0.29) is 11.5 Å². The molecule has 1 nitrogen and oxygen atoms in total. The fourth-order valence-corrected chi connectivity index (χ4v) is 2.46. The van der Waals surface area contributed by atoms with Crippen molar-refractivity contribution in [1.82, 2.24) is 0 Å². The molecule has 1 aliphatic carbocycles. The lowest BCUT2D eigenvalue weighted by Crippen LogP contribution is -2.28. The van der Waals surface area contributed by atoms with Gasteiger partial charge in [0.15, 0.2) is 0 Å². The molecule has 1 aliphatic rings. The summed E-state index contributed by atoms with van der Waals surface area (Å²) in [7, 11) is 0. The third kappa shape index (κ3) is 3.08. The molecule has 1 radical (unpaired) electrons. The Kier molecular flexibility index (Phi) is 4.15. The van der Waals surface area contributed by atoms with E-state index < -0.39 is 0 Å². The maximum Gasteiger partial charge on any atom is 0.0585 e. The topological polar surface area (TPSA) is 20.2 Å². The molecule has 1 atom stereocenters.